The number of nitrogens with zero attached hydrogens (tertiary/aromatic N) is 1. The molecule has 2 N–H and O–H groups in total. The second kappa shape index (κ2) is 6.35. The van der Waals surface area contributed by atoms with Gasteiger partial charge in [0, 0.05) is 25.2 Å². The van der Waals surface area contributed by atoms with E-state index in [9.17, 15) is 0 Å². The molecule has 0 aliphatic heterocycles. The molecule has 0 aromatic carbocycles. The molecular weight excluding hydrogens is 164 g/mol. The average molecular weight is 188 g/mol. The number of nitrogens with one attached hydrogen (secondary N) is 1. The first-order chi connectivity index (χ1) is 5.99. The maximum atomic E-state index is 8.76. The van der Waals surface area contributed by atoms with E-state index in [0.717, 1.165) is 26.2 Å². The van der Waals surface area contributed by atoms with Crippen LogP contribution in [0.1, 0.15) is 27.7 Å². The largest absolute Gasteiger partial charge is 0.395 e. The van der Waals surface area contributed by atoms with E-state index < -0.39 is 0 Å². The Balaban J connectivity index is 3.49. The molecule has 13 heavy (non-hydrogen) atoms. The highest BCUT2D eigenvalue weighted by Gasteiger charge is 2.08. The molecule has 0 aromatic rings. The van der Waals surface area contributed by atoms with Crippen molar-refractivity contribution in [2.24, 2.45) is 0 Å². The van der Waals surface area contributed by atoms with Gasteiger partial charge in [0.15, 0.2) is 0 Å². The van der Waals surface area contributed by atoms with Crippen molar-refractivity contribution in [3.63, 3.8) is 0 Å². The lowest BCUT2D eigenvalue weighted by Crippen LogP contribution is -2.42. The van der Waals surface area contributed by atoms with Gasteiger partial charge in [-0.1, -0.05) is 6.92 Å². The lowest BCUT2D eigenvalue weighted by Gasteiger charge is -2.24. The van der Waals surface area contributed by atoms with Gasteiger partial charge in [0.25, 0.3) is 0 Å². The highest BCUT2D eigenvalue weighted by atomic mass is 16.3. The molecule has 0 rings (SSSR count). The third-order valence-electron chi connectivity index (χ3n) is 1.95. The van der Waals surface area contributed by atoms with E-state index in [0.29, 0.717) is 0 Å². The van der Waals surface area contributed by atoms with Crippen LogP contribution in [0.4, 0.5) is 0 Å². The topological polar surface area (TPSA) is 35.5 Å². The van der Waals surface area contributed by atoms with Crippen molar-refractivity contribution in [2.75, 3.05) is 32.8 Å². The molecule has 0 aliphatic rings. The highest BCUT2D eigenvalue weighted by molar-refractivity contribution is 4.71. The van der Waals surface area contributed by atoms with E-state index in [1.165, 1.54) is 0 Å². The molecule has 0 amide bonds. The predicted molar refractivity (Wildman–Crippen MR) is 57.0 cm³/mol. The molecule has 0 unspecified atom stereocenters. The fourth-order valence-corrected chi connectivity index (χ4v) is 1.16. The highest BCUT2D eigenvalue weighted by Crippen LogP contribution is 1.97. The maximum absolute atomic E-state index is 8.76. The molecule has 0 aliphatic carbocycles. The molecule has 3 nitrogen and oxygen atoms in total. The van der Waals surface area contributed by atoms with E-state index >= 15 is 0 Å². The number of aliphatic hydroxyl groups excluding tert-OH is 1. The average Bonchev–Trinajstić information content (AvgIpc) is 2.01. The second-order valence-corrected chi connectivity index (χ2v) is 4.33. The summed E-state index contributed by atoms with van der Waals surface area (Å²) in [4.78, 5) is 2.23. The zero-order valence-corrected chi connectivity index (χ0v) is 9.43. The third kappa shape index (κ3) is 8.22. The van der Waals surface area contributed by atoms with Crippen LogP contribution in [0.15, 0.2) is 0 Å². The Hall–Kier alpha value is -0.120. The first-order valence-electron chi connectivity index (χ1n) is 5.08. The molecule has 0 aromatic heterocycles. The lowest BCUT2D eigenvalue weighted by molar-refractivity contribution is 0.199. The minimum atomic E-state index is 0.193. The summed E-state index contributed by atoms with van der Waals surface area (Å²) >= 11 is 0. The van der Waals surface area contributed by atoms with E-state index in [4.69, 9.17) is 5.11 Å². The molecular formula is C10H24N2O. The maximum Gasteiger partial charge on any atom is 0.0558 e. The van der Waals surface area contributed by atoms with Crippen LogP contribution >= 0.6 is 0 Å². The van der Waals surface area contributed by atoms with Crippen molar-refractivity contribution < 1.29 is 5.11 Å². The van der Waals surface area contributed by atoms with E-state index in [-0.39, 0.29) is 12.1 Å². The van der Waals surface area contributed by atoms with Gasteiger partial charge in [-0.25, -0.2) is 0 Å². The van der Waals surface area contributed by atoms with Crippen LogP contribution in [0.3, 0.4) is 0 Å². The Morgan fingerprint density at radius 3 is 2.23 bits per heavy atom. The number of hydrogen-bond donors (Lipinski definition) is 2. The number of rotatable bonds is 6. The zero-order valence-electron chi connectivity index (χ0n) is 9.43. The Bertz CT molecular complexity index is 121. The van der Waals surface area contributed by atoms with E-state index in [2.05, 4.69) is 37.9 Å². The van der Waals surface area contributed by atoms with Gasteiger partial charge < -0.3 is 15.3 Å². The van der Waals surface area contributed by atoms with Crippen LogP contribution in [-0.2, 0) is 0 Å². The summed E-state index contributed by atoms with van der Waals surface area (Å²) in [5.74, 6) is 0. The van der Waals surface area contributed by atoms with Crippen LogP contribution in [-0.4, -0.2) is 48.3 Å². The van der Waals surface area contributed by atoms with Gasteiger partial charge in [-0.15, -0.1) is 0 Å². The van der Waals surface area contributed by atoms with Crippen molar-refractivity contribution in [1.29, 1.82) is 0 Å². The molecule has 0 saturated heterocycles. The van der Waals surface area contributed by atoms with Gasteiger partial charge in [0.1, 0.15) is 0 Å². The predicted octanol–water partition coefficient (Wildman–Crippen LogP) is 0.689. The van der Waals surface area contributed by atoms with Crippen LogP contribution in [0.25, 0.3) is 0 Å². The minimum absolute atomic E-state index is 0.193. The molecule has 80 valence electrons. The molecule has 0 spiro atoms. The van der Waals surface area contributed by atoms with E-state index in [1.807, 2.05) is 0 Å². The van der Waals surface area contributed by atoms with E-state index in [1.54, 1.807) is 0 Å². The van der Waals surface area contributed by atoms with Crippen LogP contribution < -0.4 is 5.32 Å². The molecule has 0 atom stereocenters. The SMILES string of the molecule is CCN(CCO)CCNC(C)(C)C. The molecule has 0 saturated carbocycles. The van der Waals surface area contributed by atoms with Crippen LogP contribution in [0, 0.1) is 0 Å². The minimum Gasteiger partial charge on any atom is -0.395 e. The third-order valence-corrected chi connectivity index (χ3v) is 1.95. The Labute approximate surface area is 82.1 Å². The van der Waals surface area contributed by atoms with Crippen molar-refractivity contribution in [2.45, 2.75) is 33.2 Å². The summed E-state index contributed by atoms with van der Waals surface area (Å²) in [7, 11) is 0. The number of hydrogen-bond acceptors (Lipinski definition) is 3. The summed E-state index contributed by atoms with van der Waals surface area (Å²) in [6.45, 7) is 12.6. The standard InChI is InChI=1S/C10H24N2O/c1-5-12(8-9-13)7-6-11-10(2,3)4/h11,13H,5-9H2,1-4H3. The monoisotopic (exact) mass is 188 g/mol. The Morgan fingerprint density at radius 1 is 1.23 bits per heavy atom. The number of likely N-dealkylation sites (N-methyl/N-ethyl adjacent to an activating group) is 1. The van der Waals surface area contributed by atoms with Gasteiger partial charge in [-0.2, -0.15) is 0 Å². The van der Waals surface area contributed by atoms with Gasteiger partial charge in [-0.3, -0.25) is 0 Å². The Morgan fingerprint density at radius 2 is 1.85 bits per heavy atom. The quantitative estimate of drug-likeness (QED) is 0.644. The number of aliphatic hydroxyl groups is 1. The van der Waals surface area contributed by atoms with Gasteiger partial charge in [0.2, 0.25) is 0 Å². The first-order valence-corrected chi connectivity index (χ1v) is 5.08. The summed E-state index contributed by atoms with van der Waals surface area (Å²) in [5, 5.41) is 12.2. The fraction of sp³-hybridized carbons (Fsp3) is 1.00. The van der Waals surface area contributed by atoms with Gasteiger partial charge >= 0.3 is 0 Å². The fourth-order valence-electron chi connectivity index (χ4n) is 1.16. The summed E-state index contributed by atoms with van der Waals surface area (Å²) in [6.07, 6.45) is 0. The van der Waals surface area contributed by atoms with Crippen molar-refractivity contribution in [1.82, 2.24) is 10.2 Å². The van der Waals surface area contributed by atoms with Crippen molar-refractivity contribution in [3.8, 4) is 0 Å². The molecule has 0 radical (unpaired) electrons. The summed E-state index contributed by atoms with van der Waals surface area (Å²) in [6, 6.07) is 0. The van der Waals surface area contributed by atoms with Crippen LogP contribution in [0.2, 0.25) is 0 Å². The second-order valence-electron chi connectivity index (χ2n) is 4.33. The Kier molecular flexibility index (Phi) is 6.29. The smallest absolute Gasteiger partial charge is 0.0558 e. The zero-order chi connectivity index (χ0) is 10.3. The normalized spacial score (nSPS) is 12.5. The van der Waals surface area contributed by atoms with Gasteiger partial charge in [-0.05, 0) is 27.3 Å². The van der Waals surface area contributed by atoms with Gasteiger partial charge in [0.05, 0.1) is 6.61 Å². The lowest BCUT2D eigenvalue weighted by atomic mass is 10.1. The molecule has 0 fully saturated rings. The molecule has 0 bridgehead atoms. The summed E-state index contributed by atoms with van der Waals surface area (Å²) in [5.41, 5.74) is 0.193. The van der Waals surface area contributed by atoms with Crippen LogP contribution in [0.5, 0.6) is 0 Å². The summed E-state index contributed by atoms with van der Waals surface area (Å²) < 4.78 is 0. The first kappa shape index (κ1) is 12.9. The molecule has 3 heteroatoms. The van der Waals surface area contributed by atoms with Crippen molar-refractivity contribution >= 4 is 0 Å². The molecule has 0 heterocycles. The van der Waals surface area contributed by atoms with Crippen molar-refractivity contribution in [3.05, 3.63) is 0 Å².